The molecule has 0 aromatic carbocycles. The van der Waals surface area contributed by atoms with Crippen LogP contribution in [0.4, 0.5) is 0 Å². The van der Waals surface area contributed by atoms with Gasteiger partial charge in [0.25, 0.3) is 0 Å². The Hall–Kier alpha value is -1.89. The summed E-state index contributed by atoms with van der Waals surface area (Å²) in [6.07, 6.45) is 8.25. The molecule has 6 nitrogen and oxygen atoms in total. The minimum Gasteiger partial charge on any atom is -0.352 e. The number of carbonyl (C=O) groups is 1. The van der Waals surface area contributed by atoms with E-state index < -0.39 is 0 Å². The molecule has 0 unspecified atom stereocenters. The van der Waals surface area contributed by atoms with Crippen LogP contribution in [0.1, 0.15) is 32.6 Å². The van der Waals surface area contributed by atoms with Crippen molar-refractivity contribution in [2.75, 3.05) is 5.75 Å². The number of nitrogens with zero attached hydrogens (tertiary/aromatic N) is 4. The molecular formula is C17H23N5OS. The molecule has 24 heavy (non-hydrogen) atoms. The van der Waals surface area contributed by atoms with E-state index in [4.69, 9.17) is 0 Å². The summed E-state index contributed by atoms with van der Waals surface area (Å²) < 4.78 is 1.91. The Balaban J connectivity index is 1.57. The van der Waals surface area contributed by atoms with Gasteiger partial charge < -0.3 is 9.88 Å². The molecule has 2 atom stereocenters. The van der Waals surface area contributed by atoms with Crippen molar-refractivity contribution in [3.63, 3.8) is 0 Å². The number of hydrogen-bond acceptors (Lipinski definition) is 5. The largest absolute Gasteiger partial charge is 0.352 e. The smallest absolute Gasteiger partial charge is 0.230 e. The van der Waals surface area contributed by atoms with E-state index in [2.05, 4.69) is 27.4 Å². The minimum atomic E-state index is 0.0761. The van der Waals surface area contributed by atoms with Crippen LogP contribution in [0.15, 0.2) is 29.7 Å². The fourth-order valence-electron chi connectivity index (χ4n) is 3.10. The van der Waals surface area contributed by atoms with Gasteiger partial charge in [0.15, 0.2) is 11.0 Å². The second-order valence-corrected chi connectivity index (χ2v) is 7.27. The van der Waals surface area contributed by atoms with Crippen molar-refractivity contribution in [2.24, 2.45) is 13.0 Å². The molecule has 3 rings (SSSR count). The van der Waals surface area contributed by atoms with Crippen LogP contribution in [0.5, 0.6) is 0 Å². The maximum Gasteiger partial charge on any atom is 0.230 e. The van der Waals surface area contributed by atoms with Gasteiger partial charge in [0, 0.05) is 31.0 Å². The van der Waals surface area contributed by atoms with Crippen molar-refractivity contribution in [1.82, 2.24) is 25.1 Å². The second-order valence-electron chi connectivity index (χ2n) is 6.33. The van der Waals surface area contributed by atoms with Crippen LogP contribution < -0.4 is 5.32 Å². The number of amides is 1. The van der Waals surface area contributed by atoms with Crippen molar-refractivity contribution >= 4 is 17.7 Å². The lowest BCUT2D eigenvalue weighted by atomic mass is 9.86. The number of rotatable bonds is 5. The highest BCUT2D eigenvalue weighted by molar-refractivity contribution is 7.99. The Labute approximate surface area is 146 Å². The average molecular weight is 345 g/mol. The second kappa shape index (κ2) is 7.79. The van der Waals surface area contributed by atoms with Crippen molar-refractivity contribution in [3.8, 4) is 11.4 Å². The van der Waals surface area contributed by atoms with Gasteiger partial charge in [-0.3, -0.25) is 9.78 Å². The molecule has 0 spiro atoms. The predicted octanol–water partition coefficient (Wildman–Crippen LogP) is 2.66. The van der Waals surface area contributed by atoms with Crippen LogP contribution in [0.3, 0.4) is 0 Å². The van der Waals surface area contributed by atoms with Crippen LogP contribution in [0, 0.1) is 5.92 Å². The first-order chi connectivity index (χ1) is 11.6. The lowest BCUT2D eigenvalue weighted by Crippen LogP contribution is -2.41. The quantitative estimate of drug-likeness (QED) is 0.844. The Morgan fingerprint density at radius 3 is 2.79 bits per heavy atom. The van der Waals surface area contributed by atoms with Gasteiger partial charge in [-0.05, 0) is 30.9 Å². The molecule has 1 fully saturated rings. The molecule has 1 saturated carbocycles. The van der Waals surface area contributed by atoms with E-state index in [1.807, 2.05) is 23.7 Å². The van der Waals surface area contributed by atoms with Crippen molar-refractivity contribution in [2.45, 2.75) is 43.8 Å². The van der Waals surface area contributed by atoms with Crippen LogP contribution in [-0.2, 0) is 11.8 Å². The highest BCUT2D eigenvalue weighted by Gasteiger charge is 2.23. The molecule has 0 radical (unpaired) electrons. The molecule has 1 aliphatic carbocycles. The zero-order valence-corrected chi connectivity index (χ0v) is 14.9. The van der Waals surface area contributed by atoms with Crippen LogP contribution in [0.25, 0.3) is 11.4 Å². The number of hydrogen-bond donors (Lipinski definition) is 1. The van der Waals surface area contributed by atoms with Crippen LogP contribution >= 0.6 is 11.8 Å². The number of thioether (sulfide) groups is 1. The van der Waals surface area contributed by atoms with Crippen molar-refractivity contribution in [3.05, 3.63) is 24.5 Å². The number of pyridine rings is 1. The fourth-order valence-corrected chi connectivity index (χ4v) is 3.82. The van der Waals surface area contributed by atoms with E-state index in [0.717, 1.165) is 23.0 Å². The van der Waals surface area contributed by atoms with Gasteiger partial charge in [-0.2, -0.15) is 0 Å². The third-order valence-electron chi connectivity index (χ3n) is 4.56. The summed E-state index contributed by atoms with van der Waals surface area (Å²) in [5.74, 6) is 1.79. The van der Waals surface area contributed by atoms with E-state index in [1.54, 1.807) is 12.4 Å². The van der Waals surface area contributed by atoms with E-state index in [0.29, 0.717) is 17.7 Å². The molecule has 1 N–H and O–H groups in total. The number of aromatic nitrogens is 4. The monoisotopic (exact) mass is 345 g/mol. The Morgan fingerprint density at radius 2 is 2.04 bits per heavy atom. The first-order valence-corrected chi connectivity index (χ1v) is 9.35. The van der Waals surface area contributed by atoms with Crippen LogP contribution in [-0.4, -0.2) is 37.5 Å². The average Bonchev–Trinajstić information content (AvgIpc) is 2.97. The third kappa shape index (κ3) is 3.95. The van der Waals surface area contributed by atoms with Gasteiger partial charge in [0.2, 0.25) is 5.91 Å². The predicted molar refractivity (Wildman–Crippen MR) is 94.5 cm³/mol. The standard InChI is InChI=1S/C17H23N5OS/c1-12-5-3-4-6-14(12)19-15(23)11-24-17-21-20-16(22(17)2)13-7-9-18-10-8-13/h7-10,12,14H,3-6,11H2,1-2H3,(H,19,23)/t12-,14+/m1/s1. The maximum atomic E-state index is 12.2. The van der Waals surface area contributed by atoms with Gasteiger partial charge in [-0.15, -0.1) is 10.2 Å². The zero-order valence-electron chi connectivity index (χ0n) is 14.1. The van der Waals surface area contributed by atoms with Crippen LogP contribution in [0.2, 0.25) is 0 Å². The summed E-state index contributed by atoms with van der Waals surface area (Å²) in [6.45, 7) is 2.22. The topological polar surface area (TPSA) is 72.7 Å². The summed E-state index contributed by atoms with van der Waals surface area (Å²) in [5.41, 5.74) is 0.965. The molecular weight excluding hydrogens is 322 g/mol. The molecule has 0 aliphatic heterocycles. The molecule has 0 saturated heterocycles. The highest BCUT2D eigenvalue weighted by atomic mass is 32.2. The van der Waals surface area contributed by atoms with E-state index in [-0.39, 0.29) is 5.91 Å². The summed E-state index contributed by atoms with van der Waals surface area (Å²) in [4.78, 5) is 16.2. The zero-order chi connectivity index (χ0) is 16.9. The molecule has 2 aromatic heterocycles. The first-order valence-electron chi connectivity index (χ1n) is 8.37. The third-order valence-corrected chi connectivity index (χ3v) is 5.58. The summed E-state index contributed by atoms with van der Waals surface area (Å²) >= 11 is 1.42. The van der Waals surface area contributed by atoms with Gasteiger partial charge >= 0.3 is 0 Å². The molecule has 0 bridgehead atoms. The summed E-state index contributed by atoms with van der Waals surface area (Å²) in [6, 6.07) is 4.12. The molecule has 2 aromatic rings. The number of carbonyl (C=O) groups excluding carboxylic acids is 1. The van der Waals surface area contributed by atoms with Crippen molar-refractivity contribution in [1.29, 1.82) is 0 Å². The van der Waals surface area contributed by atoms with E-state index in [1.165, 1.54) is 31.0 Å². The molecule has 1 aliphatic rings. The number of nitrogens with one attached hydrogen (secondary N) is 1. The van der Waals surface area contributed by atoms with Gasteiger partial charge in [-0.1, -0.05) is 31.5 Å². The van der Waals surface area contributed by atoms with Gasteiger partial charge in [0.05, 0.1) is 5.75 Å². The highest BCUT2D eigenvalue weighted by Crippen LogP contribution is 2.25. The normalized spacial score (nSPS) is 20.8. The molecule has 128 valence electrons. The van der Waals surface area contributed by atoms with E-state index in [9.17, 15) is 4.79 Å². The molecule has 2 heterocycles. The minimum absolute atomic E-state index is 0.0761. The maximum absolute atomic E-state index is 12.2. The fraction of sp³-hybridized carbons (Fsp3) is 0.529. The van der Waals surface area contributed by atoms with Gasteiger partial charge in [-0.25, -0.2) is 0 Å². The Bertz CT molecular complexity index is 688. The summed E-state index contributed by atoms with van der Waals surface area (Å²) in [7, 11) is 1.92. The molecule has 7 heteroatoms. The van der Waals surface area contributed by atoms with Crippen molar-refractivity contribution < 1.29 is 4.79 Å². The lowest BCUT2D eigenvalue weighted by molar-refractivity contribution is -0.119. The summed E-state index contributed by atoms with van der Waals surface area (Å²) in [5, 5.41) is 12.3. The SMILES string of the molecule is C[C@@H]1CCCC[C@@H]1NC(=O)CSc1nnc(-c2ccncc2)n1C. The van der Waals surface area contributed by atoms with E-state index >= 15 is 0 Å². The Kier molecular flexibility index (Phi) is 5.50. The van der Waals surface area contributed by atoms with Gasteiger partial charge in [0.1, 0.15) is 0 Å². The Morgan fingerprint density at radius 1 is 1.29 bits per heavy atom. The lowest BCUT2D eigenvalue weighted by Gasteiger charge is -2.29. The first kappa shape index (κ1) is 17.0. The molecule has 1 amide bonds.